The summed E-state index contributed by atoms with van der Waals surface area (Å²) >= 11 is 0. The highest BCUT2D eigenvalue weighted by molar-refractivity contribution is 5.36. The number of aromatic nitrogens is 2. The smallest absolute Gasteiger partial charge is 0.123 e. The Bertz CT molecular complexity index is 439. The number of imidazole rings is 1. The molecule has 84 valence electrons. The van der Waals surface area contributed by atoms with E-state index in [1.54, 1.807) is 19.5 Å². The molecule has 0 aliphatic rings. The summed E-state index contributed by atoms with van der Waals surface area (Å²) in [7, 11) is 1.65. The number of H-pyrrole nitrogens is 1. The molecule has 1 atom stereocenters. The molecular weight excluding hydrogens is 202 g/mol. The van der Waals surface area contributed by atoms with Gasteiger partial charge in [-0.05, 0) is 6.07 Å². The van der Waals surface area contributed by atoms with Crippen LogP contribution >= 0.6 is 0 Å². The number of benzene rings is 1. The van der Waals surface area contributed by atoms with Crippen LogP contribution in [-0.2, 0) is 6.42 Å². The number of ether oxygens (including phenoxy) is 1. The van der Waals surface area contributed by atoms with Crippen molar-refractivity contribution in [2.75, 3.05) is 7.11 Å². The summed E-state index contributed by atoms with van der Waals surface area (Å²) in [5.74, 6) is 1.71. The minimum atomic E-state index is -0.109. The lowest BCUT2D eigenvalue weighted by Crippen LogP contribution is -2.15. The van der Waals surface area contributed by atoms with Crippen molar-refractivity contribution in [3.8, 4) is 5.75 Å². The molecular formula is C12H15N3O. The number of aromatic amines is 1. The Morgan fingerprint density at radius 2 is 2.25 bits per heavy atom. The van der Waals surface area contributed by atoms with Crippen LogP contribution in [-0.4, -0.2) is 17.1 Å². The summed E-state index contributed by atoms with van der Waals surface area (Å²) in [5.41, 5.74) is 7.12. The van der Waals surface area contributed by atoms with Gasteiger partial charge in [0.25, 0.3) is 0 Å². The van der Waals surface area contributed by atoms with Crippen LogP contribution < -0.4 is 10.5 Å². The van der Waals surface area contributed by atoms with E-state index < -0.39 is 0 Å². The summed E-state index contributed by atoms with van der Waals surface area (Å²) in [6, 6.07) is 7.67. The predicted molar refractivity (Wildman–Crippen MR) is 62.2 cm³/mol. The first-order valence-electron chi connectivity index (χ1n) is 5.18. The first kappa shape index (κ1) is 10.7. The molecule has 0 radical (unpaired) electrons. The van der Waals surface area contributed by atoms with Gasteiger partial charge in [0.2, 0.25) is 0 Å². The summed E-state index contributed by atoms with van der Waals surface area (Å²) < 4.78 is 5.28. The number of hydrogen-bond donors (Lipinski definition) is 2. The van der Waals surface area contributed by atoms with Crippen molar-refractivity contribution >= 4 is 0 Å². The van der Waals surface area contributed by atoms with Crippen LogP contribution in [0.25, 0.3) is 0 Å². The van der Waals surface area contributed by atoms with E-state index in [0.29, 0.717) is 6.42 Å². The van der Waals surface area contributed by atoms with Gasteiger partial charge in [-0.25, -0.2) is 4.98 Å². The summed E-state index contributed by atoms with van der Waals surface area (Å²) in [4.78, 5) is 7.20. The van der Waals surface area contributed by atoms with E-state index in [2.05, 4.69) is 9.97 Å². The van der Waals surface area contributed by atoms with E-state index >= 15 is 0 Å². The molecule has 2 rings (SSSR count). The highest BCUT2D eigenvalue weighted by atomic mass is 16.5. The first-order valence-corrected chi connectivity index (χ1v) is 5.18. The molecule has 16 heavy (non-hydrogen) atoms. The van der Waals surface area contributed by atoms with Crippen LogP contribution in [0.1, 0.15) is 17.4 Å². The van der Waals surface area contributed by atoms with E-state index in [0.717, 1.165) is 17.1 Å². The van der Waals surface area contributed by atoms with Crippen molar-refractivity contribution in [1.82, 2.24) is 9.97 Å². The highest BCUT2D eigenvalue weighted by Crippen LogP contribution is 2.24. The molecule has 3 N–H and O–H groups in total. The highest BCUT2D eigenvalue weighted by Gasteiger charge is 2.12. The number of rotatable bonds is 4. The second-order valence-electron chi connectivity index (χ2n) is 3.59. The number of nitrogens with two attached hydrogens (primary N) is 1. The second-order valence-corrected chi connectivity index (χ2v) is 3.59. The van der Waals surface area contributed by atoms with Gasteiger partial charge in [-0.1, -0.05) is 18.2 Å². The molecule has 0 saturated heterocycles. The summed E-state index contributed by atoms with van der Waals surface area (Å²) in [5, 5.41) is 0. The molecule has 1 unspecified atom stereocenters. The average Bonchev–Trinajstić information content (AvgIpc) is 2.81. The zero-order chi connectivity index (χ0) is 11.4. The molecule has 1 aromatic carbocycles. The lowest BCUT2D eigenvalue weighted by molar-refractivity contribution is 0.405. The Labute approximate surface area is 94.5 Å². The fourth-order valence-electron chi connectivity index (χ4n) is 1.70. The van der Waals surface area contributed by atoms with Gasteiger partial charge in [0, 0.05) is 30.4 Å². The van der Waals surface area contributed by atoms with Gasteiger partial charge in [-0.3, -0.25) is 0 Å². The maximum absolute atomic E-state index is 6.12. The van der Waals surface area contributed by atoms with Crippen molar-refractivity contribution in [2.24, 2.45) is 5.73 Å². The first-order chi connectivity index (χ1) is 7.81. The largest absolute Gasteiger partial charge is 0.496 e. The van der Waals surface area contributed by atoms with Crippen molar-refractivity contribution in [1.29, 1.82) is 0 Å². The van der Waals surface area contributed by atoms with Crippen molar-refractivity contribution in [2.45, 2.75) is 12.5 Å². The van der Waals surface area contributed by atoms with E-state index in [1.165, 1.54) is 0 Å². The molecule has 1 heterocycles. The Morgan fingerprint density at radius 1 is 1.44 bits per heavy atom. The number of hydrogen-bond acceptors (Lipinski definition) is 3. The molecule has 0 bridgehead atoms. The van der Waals surface area contributed by atoms with Gasteiger partial charge in [-0.15, -0.1) is 0 Å². The van der Waals surface area contributed by atoms with Crippen LogP contribution in [0.5, 0.6) is 5.75 Å². The predicted octanol–water partition coefficient (Wildman–Crippen LogP) is 1.66. The van der Waals surface area contributed by atoms with E-state index in [9.17, 15) is 0 Å². The van der Waals surface area contributed by atoms with Crippen LogP contribution in [0.2, 0.25) is 0 Å². The lowest BCUT2D eigenvalue weighted by Gasteiger charge is -2.14. The van der Waals surface area contributed by atoms with Gasteiger partial charge >= 0.3 is 0 Å². The average molecular weight is 217 g/mol. The van der Waals surface area contributed by atoms with Gasteiger partial charge in [-0.2, -0.15) is 0 Å². The third-order valence-corrected chi connectivity index (χ3v) is 2.51. The Kier molecular flexibility index (Phi) is 3.22. The molecule has 0 aliphatic heterocycles. The van der Waals surface area contributed by atoms with Crippen molar-refractivity contribution in [3.05, 3.63) is 48.0 Å². The van der Waals surface area contributed by atoms with Gasteiger partial charge in [0.1, 0.15) is 11.6 Å². The third-order valence-electron chi connectivity index (χ3n) is 2.51. The normalized spacial score (nSPS) is 12.4. The fraction of sp³-hybridized carbons (Fsp3) is 0.250. The molecule has 0 spiro atoms. The number of para-hydroxylation sites is 1. The van der Waals surface area contributed by atoms with Gasteiger partial charge in [0.05, 0.1) is 7.11 Å². The number of methoxy groups -OCH3 is 1. The Morgan fingerprint density at radius 3 is 2.94 bits per heavy atom. The minimum absolute atomic E-state index is 0.109. The Hall–Kier alpha value is -1.81. The van der Waals surface area contributed by atoms with E-state index in [1.807, 2.05) is 24.3 Å². The molecule has 0 fully saturated rings. The Balaban J connectivity index is 2.17. The standard InChI is InChI=1S/C12H15N3O/c1-16-11-5-3-2-4-9(11)10(13)8-12-14-6-7-15-12/h2-7,10H,8,13H2,1H3,(H,14,15). The van der Waals surface area contributed by atoms with Crippen LogP contribution in [0, 0.1) is 0 Å². The zero-order valence-electron chi connectivity index (χ0n) is 9.18. The maximum atomic E-state index is 6.12. The second kappa shape index (κ2) is 4.81. The van der Waals surface area contributed by atoms with Gasteiger partial charge in [0.15, 0.2) is 0 Å². The SMILES string of the molecule is COc1ccccc1C(N)Cc1ncc[nH]1. The molecule has 2 aromatic rings. The fourth-order valence-corrected chi connectivity index (χ4v) is 1.70. The third kappa shape index (κ3) is 2.23. The lowest BCUT2D eigenvalue weighted by atomic mass is 10.0. The van der Waals surface area contributed by atoms with Gasteiger partial charge < -0.3 is 15.5 Å². The van der Waals surface area contributed by atoms with Crippen LogP contribution in [0.4, 0.5) is 0 Å². The topological polar surface area (TPSA) is 63.9 Å². The molecule has 0 aliphatic carbocycles. The quantitative estimate of drug-likeness (QED) is 0.818. The molecule has 0 amide bonds. The number of nitrogens with zero attached hydrogens (tertiary/aromatic N) is 1. The zero-order valence-corrected chi connectivity index (χ0v) is 9.18. The van der Waals surface area contributed by atoms with Crippen LogP contribution in [0.3, 0.4) is 0 Å². The monoisotopic (exact) mass is 217 g/mol. The van der Waals surface area contributed by atoms with E-state index in [-0.39, 0.29) is 6.04 Å². The number of nitrogens with one attached hydrogen (secondary N) is 1. The maximum Gasteiger partial charge on any atom is 0.123 e. The van der Waals surface area contributed by atoms with Crippen LogP contribution in [0.15, 0.2) is 36.7 Å². The van der Waals surface area contributed by atoms with Crippen molar-refractivity contribution in [3.63, 3.8) is 0 Å². The molecule has 4 heteroatoms. The minimum Gasteiger partial charge on any atom is -0.496 e. The molecule has 0 saturated carbocycles. The van der Waals surface area contributed by atoms with E-state index in [4.69, 9.17) is 10.5 Å². The molecule has 1 aromatic heterocycles. The summed E-state index contributed by atoms with van der Waals surface area (Å²) in [6.07, 6.45) is 4.20. The molecule has 4 nitrogen and oxygen atoms in total. The summed E-state index contributed by atoms with van der Waals surface area (Å²) in [6.45, 7) is 0. The van der Waals surface area contributed by atoms with Crippen molar-refractivity contribution < 1.29 is 4.74 Å².